The maximum atomic E-state index is 12.2. The highest BCUT2D eigenvalue weighted by atomic mass is 35.5. The molecule has 7 heteroatoms. The predicted octanol–water partition coefficient (Wildman–Crippen LogP) is 3.15. The van der Waals surface area contributed by atoms with Crippen LogP contribution in [0.3, 0.4) is 0 Å². The number of hydrogen-bond acceptors (Lipinski definition) is 3. The van der Waals surface area contributed by atoms with E-state index in [2.05, 4.69) is 4.72 Å². The van der Waals surface area contributed by atoms with E-state index < -0.39 is 16.0 Å². The molecule has 0 fully saturated rings. The molecule has 0 spiro atoms. The Labute approximate surface area is 127 Å². The van der Waals surface area contributed by atoms with Gasteiger partial charge < -0.3 is 5.11 Å². The second-order valence-electron chi connectivity index (χ2n) is 4.37. The van der Waals surface area contributed by atoms with Crippen LogP contribution < -0.4 is 4.72 Å². The van der Waals surface area contributed by atoms with Crippen molar-refractivity contribution in [3.05, 3.63) is 58.6 Å². The van der Waals surface area contributed by atoms with E-state index in [9.17, 15) is 13.2 Å². The summed E-state index contributed by atoms with van der Waals surface area (Å²) in [6.45, 7) is 1.59. The van der Waals surface area contributed by atoms with Gasteiger partial charge in [0.25, 0.3) is 10.0 Å². The first-order valence-corrected chi connectivity index (χ1v) is 7.78. The highest BCUT2D eigenvalue weighted by Gasteiger charge is 2.18. The van der Waals surface area contributed by atoms with Crippen molar-refractivity contribution in [3.8, 4) is 0 Å². The molecule has 21 heavy (non-hydrogen) atoms. The van der Waals surface area contributed by atoms with Crippen LogP contribution in [-0.4, -0.2) is 19.5 Å². The van der Waals surface area contributed by atoms with Crippen LogP contribution >= 0.6 is 11.6 Å². The Morgan fingerprint density at radius 2 is 1.86 bits per heavy atom. The summed E-state index contributed by atoms with van der Waals surface area (Å²) in [6, 6.07) is 10.3. The van der Waals surface area contributed by atoms with Crippen molar-refractivity contribution >= 4 is 33.3 Å². The second-order valence-corrected chi connectivity index (χ2v) is 6.43. The number of hydrogen-bond donors (Lipinski definition) is 2. The molecule has 2 aromatic rings. The number of carboxylic acid groups (broad SMARTS) is 1. The number of nitrogens with one attached hydrogen (secondary N) is 1. The number of carboxylic acids is 1. The van der Waals surface area contributed by atoms with Crippen LogP contribution in [0, 0.1) is 6.92 Å². The minimum Gasteiger partial charge on any atom is -0.478 e. The van der Waals surface area contributed by atoms with Crippen LogP contribution in [0.2, 0.25) is 5.02 Å². The Bertz CT molecular complexity index is 802. The number of aryl methyl sites for hydroxylation is 1. The van der Waals surface area contributed by atoms with E-state index in [1.165, 1.54) is 30.3 Å². The summed E-state index contributed by atoms with van der Waals surface area (Å²) in [7, 11) is -3.82. The van der Waals surface area contributed by atoms with E-state index in [0.717, 1.165) is 0 Å². The smallest absolute Gasteiger partial charge is 0.335 e. The van der Waals surface area contributed by atoms with E-state index in [1.54, 1.807) is 19.1 Å². The summed E-state index contributed by atoms with van der Waals surface area (Å²) in [4.78, 5) is 10.9. The molecule has 2 N–H and O–H groups in total. The van der Waals surface area contributed by atoms with Gasteiger partial charge in [-0.25, -0.2) is 13.2 Å². The Kier molecular flexibility index (Phi) is 4.20. The number of rotatable bonds is 4. The fourth-order valence-corrected chi connectivity index (χ4v) is 3.41. The van der Waals surface area contributed by atoms with Gasteiger partial charge in [0.15, 0.2) is 0 Å². The summed E-state index contributed by atoms with van der Waals surface area (Å²) >= 11 is 5.88. The van der Waals surface area contributed by atoms with E-state index in [4.69, 9.17) is 16.7 Å². The summed E-state index contributed by atoms with van der Waals surface area (Å²) < 4.78 is 26.9. The molecular weight excluding hydrogens is 314 g/mol. The van der Waals surface area contributed by atoms with Crippen LogP contribution in [0.4, 0.5) is 5.69 Å². The maximum Gasteiger partial charge on any atom is 0.335 e. The van der Waals surface area contributed by atoms with Crippen LogP contribution in [0.1, 0.15) is 15.9 Å². The summed E-state index contributed by atoms with van der Waals surface area (Å²) in [6.07, 6.45) is 0. The van der Waals surface area contributed by atoms with Crippen LogP contribution in [0.15, 0.2) is 47.4 Å². The molecule has 5 nitrogen and oxygen atoms in total. The van der Waals surface area contributed by atoms with E-state index >= 15 is 0 Å². The number of anilines is 1. The number of sulfonamides is 1. The van der Waals surface area contributed by atoms with Crippen LogP contribution in [0.5, 0.6) is 0 Å². The SMILES string of the molecule is Cc1cc(NS(=O)(=O)c2ccccc2Cl)ccc1C(=O)O. The van der Waals surface area contributed by atoms with Gasteiger partial charge in [-0.05, 0) is 42.8 Å². The highest BCUT2D eigenvalue weighted by molar-refractivity contribution is 7.92. The van der Waals surface area contributed by atoms with Gasteiger partial charge in [0.05, 0.1) is 10.6 Å². The summed E-state index contributed by atoms with van der Waals surface area (Å²) in [5.41, 5.74) is 0.856. The molecule has 0 atom stereocenters. The summed E-state index contributed by atoms with van der Waals surface area (Å²) in [5, 5.41) is 9.06. The first-order valence-electron chi connectivity index (χ1n) is 5.92. The Hall–Kier alpha value is -2.05. The molecule has 0 saturated heterocycles. The third-order valence-corrected chi connectivity index (χ3v) is 4.72. The van der Waals surface area contributed by atoms with Gasteiger partial charge in [-0.15, -0.1) is 0 Å². The quantitative estimate of drug-likeness (QED) is 0.904. The average molecular weight is 326 g/mol. The molecule has 2 aromatic carbocycles. The van der Waals surface area contributed by atoms with Crippen LogP contribution in [-0.2, 0) is 10.0 Å². The molecule has 110 valence electrons. The molecule has 0 unspecified atom stereocenters. The van der Waals surface area contributed by atoms with Crippen molar-refractivity contribution in [3.63, 3.8) is 0 Å². The largest absolute Gasteiger partial charge is 0.478 e. The number of halogens is 1. The molecule has 0 heterocycles. The maximum absolute atomic E-state index is 12.2. The second kappa shape index (κ2) is 5.75. The molecule has 0 aromatic heterocycles. The van der Waals surface area contributed by atoms with Crippen molar-refractivity contribution in [2.75, 3.05) is 4.72 Å². The van der Waals surface area contributed by atoms with E-state index in [0.29, 0.717) is 5.56 Å². The minimum absolute atomic E-state index is 0.0355. The Morgan fingerprint density at radius 1 is 1.19 bits per heavy atom. The minimum atomic E-state index is -3.82. The van der Waals surface area contributed by atoms with E-state index in [1.807, 2.05) is 0 Å². The van der Waals surface area contributed by atoms with Crippen molar-refractivity contribution < 1.29 is 18.3 Å². The van der Waals surface area contributed by atoms with Gasteiger partial charge in [-0.1, -0.05) is 23.7 Å². The van der Waals surface area contributed by atoms with Gasteiger partial charge in [0, 0.05) is 5.69 Å². The third kappa shape index (κ3) is 3.34. The fraction of sp³-hybridized carbons (Fsp3) is 0.0714. The van der Waals surface area contributed by atoms with Gasteiger partial charge in [-0.3, -0.25) is 4.72 Å². The lowest BCUT2D eigenvalue weighted by atomic mass is 10.1. The average Bonchev–Trinajstić information content (AvgIpc) is 2.38. The molecule has 0 amide bonds. The molecule has 0 aliphatic heterocycles. The lowest BCUT2D eigenvalue weighted by Gasteiger charge is -2.10. The lowest BCUT2D eigenvalue weighted by Crippen LogP contribution is -2.14. The topological polar surface area (TPSA) is 83.5 Å². The number of carbonyl (C=O) groups is 1. The zero-order valence-electron chi connectivity index (χ0n) is 11.0. The first kappa shape index (κ1) is 15.3. The molecule has 0 saturated carbocycles. The van der Waals surface area contributed by atoms with Gasteiger partial charge >= 0.3 is 5.97 Å². The van der Waals surface area contributed by atoms with Crippen molar-refractivity contribution in [1.29, 1.82) is 0 Å². The first-order chi connectivity index (χ1) is 9.81. The molecule has 0 radical (unpaired) electrons. The van der Waals surface area contributed by atoms with Crippen molar-refractivity contribution in [2.45, 2.75) is 11.8 Å². The number of aromatic carboxylic acids is 1. The molecule has 0 aliphatic rings. The standard InChI is InChI=1S/C14H12ClNO4S/c1-9-8-10(6-7-11(9)14(17)18)16-21(19,20)13-5-3-2-4-12(13)15/h2-8,16H,1H3,(H,17,18). The highest BCUT2D eigenvalue weighted by Crippen LogP contribution is 2.24. The number of benzene rings is 2. The predicted molar refractivity (Wildman–Crippen MR) is 80.4 cm³/mol. The fourth-order valence-electron chi connectivity index (χ4n) is 1.84. The van der Waals surface area contributed by atoms with Gasteiger partial charge in [0.2, 0.25) is 0 Å². The Balaban J connectivity index is 2.36. The summed E-state index contributed by atoms with van der Waals surface area (Å²) in [5.74, 6) is -1.06. The molecule has 2 rings (SSSR count). The third-order valence-electron chi connectivity index (χ3n) is 2.84. The lowest BCUT2D eigenvalue weighted by molar-refractivity contribution is 0.0696. The molecule has 0 aliphatic carbocycles. The van der Waals surface area contributed by atoms with Crippen molar-refractivity contribution in [2.24, 2.45) is 0 Å². The van der Waals surface area contributed by atoms with Crippen LogP contribution in [0.25, 0.3) is 0 Å². The molecule has 0 bridgehead atoms. The molecular formula is C14H12ClNO4S. The normalized spacial score (nSPS) is 11.1. The van der Waals surface area contributed by atoms with Gasteiger partial charge in [0.1, 0.15) is 4.90 Å². The zero-order chi connectivity index (χ0) is 15.6. The van der Waals surface area contributed by atoms with Crippen molar-refractivity contribution in [1.82, 2.24) is 0 Å². The monoisotopic (exact) mass is 325 g/mol. The van der Waals surface area contributed by atoms with Gasteiger partial charge in [-0.2, -0.15) is 0 Å². The zero-order valence-corrected chi connectivity index (χ0v) is 12.6. The van der Waals surface area contributed by atoms with E-state index in [-0.39, 0.29) is 21.2 Å². The Morgan fingerprint density at radius 3 is 2.43 bits per heavy atom.